The Labute approximate surface area is 139 Å². The molecule has 2 heteroatoms. The Morgan fingerprint density at radius 1 is 0.652 bits per heavy atom. The lowest BCUT2D eigenvalue weighted by Crippen LogP contribution is -2.15. The molecule has 0 saturated heterocycles. The molecule has 0 aliphatic heterocycles. The first kappa shape index (κ1) is 15.6. The van der Waals surface area contributed by atoms with Gasteiger partial charge in [-0.3, -0.25) is 4.99 Å². The molecular formula is C21H20NP. The van der Waals surface area contributed by atoms with Crippen molar-refractivity contribution >= 4 is 24.7 Å². The highest BCUT2D eigenvalue weighted by Gasteiger charge is 2.12. The van der Waals surface area contributed by atoms with E-state index in [0.717, 1.165) is 18.3 Å². The van der Waals surface area contributed by atoms with Crippen LogP contribution >= 0.6 is 7.92 Å². The van der Waals surface area contributed by atoms with E-state index in [-0.39, 0.29) is 7.92 Å². The number of benzene rings is 3. The van der Waals surface area contributed by atoms with E-state index < -0.39 is 0 Å². The predicted molar refractivity (Wildman–Crippen MR) is 103 cm³/mol. The lowest BCUT2D eigenvalue weighted by Gasteiger charge is -2.17. The zero-order chi connectivity index (χ0) is 15.7. The van der Waals surface area contributed by atoms with Crippen LogP contribution in [-0.2, 0) is 0 Å². The molecule has 0 fully saturated rings. The molecule has 0 aromatic heterocycles. The minimum absolute atomic E-state index is 0.345. The van der Waals surface area contributed by atoms with E-state index in [1.54, 1.807) is 0 Å². The van der Waals surface area contributed by atoms with Gasteiger partial charge in [-0.1, -0.05) is 91.0 Å². The van der Waals surface area contributed by atoms with E-state index in [1.165, 1.54) is 10.6 Å². The molecule has 0 saturated carbocycles. The SMILES string of the molecule is C(=N\CCP(c1ccccc1)c1ccccc1)/c1ccccc1. The molecule has 0 amide bonds. The molecular weight excluding hydrogens is 297 g/mol. The van der Waals surface area contributed by atoms with E-state index >= 15 is 0 Å². The topological polar surface area (TPSA) is 12.4 Å². The Hall–Kier alpha value is -2.24. The molecule has 0 N–H and O–H groups in total. The van der Waals surface area contributed by atoms with Crippen molar-refractivity contribution in [2.45, 2.75) is 0 Å². The highest BCUT2D eigenvalue weighted by Crippen LogP contribution is 2.32. The summed E-state index contributed by atoms with van der Waals surface area (Å²) in [6.45, 7) is 0.852. The van der Waals surface area contributed by atoms with Gasteiger partial charge in [-0.05, 0) is 30.3 Å². The quantitative estimate of drug-likeness (QED) is 0.476. The Bertz CT molecular complexity index is 684. The fourth-order valence-corrected chi connectivity index (χ4v) is 4.68. The van der Waals surface area contributed by atoms with Gasteiger partial charge in [-0.2, -0.15) is 0 Å². The number of rotatable bonds is 6. The van der Waals surface area contributed by atoms with Gasteiger partial charge in [0, 0.05) is 12.8 Å². The summed E-state index contributed by atoms with van der Waals surface area (Å²) in [6.07, 6.45) is 3.05. The van der Waals surface area contributed by atoms with Crippen LogP contribution in [0.2, 0.25) is 0 Å². The average molecular weight is 317 g/mol. The molecule has 0 heterocycles. The Kier molecular flexibility index (Phi) is 5.72. The molecule has 0 spiro atoms. The van der Waals surface area contributed by atoms with E-state index in [9.17, 15) is 0 Å². The van der Waals surface area contributed by atoms with Gasteiger partial charge in [0.05, 0.1) is 0 Å². The molecule has 114 valence electrons. The van der Waals surface area contributed by atoms with Crippen LogP contribution in [0.25, 0.3) is 0 Å². The second-order valence-corrected chi connectivity index (χ2v) is 7.60. The van der Waals surface area contributed by atoms with Crippen LogP contribution in [0.15, 0.2) is 96.0 Å². The highest BCUT2D eigenvalue weighted by molar-refractivity contribution is 7.73. The van der Waals surface area contributed by atoms with Crippen LogP contribution in [0.1, 0.15) is 5.56 Å². The average Bonchev–Trinajstić information content (AvgIpc) is 2.64. The molecule has 0 atom stereocenters. The summed E-state index contributed by atoms with van der Waals surface area (Å²) >= 11 is 0. The summed E-state index contributed by atoms with van der Waals surface area (Å²) in [5, 5.41) is 2.84. The fraction of sp³-hybridized carbons (Fsp3) is 0.0952. The minimum Gasteiger partial charge on any atom is -0.292 e. The summed E-state index contributed by atoms with van der Waals surface area (Å²) in [7, 11) is -0.345. The molecule has 0 aliphatic carbocycles. The molecule has 0 unspecified atom stereocenters. The lowest BCUT2D eigenvalue weighted by molar-refractivity contribution is 1.15. The van der Waals surface area contributed by atoms with E-state index in [2.05, 4.69) is 77.8 Å². The van der Waals surface area contributed by atoms with Gasteiger partial charge in [0.15, 0.2) is 0 Å². The van der Waals surface area contributed by atoms with Gasteiger partial charge in [0.25, 0.3) is 0 Å². The lowest BCUT2D eigenvalue weighted by atomic mass is 10.2. The maximum atomic E-state index is 4.62. The van der Waals surface area contributed by atoms with Crippen molar-refractivity contribution in [3.8, 4) is 0 Å². The highest BCUT2D eigenvalue weighted by atomic mass is 31.1. The van der Waals surface area contributed by atoms with Gasteiger partial charge in [-0.15, -0.1) is 0 Å². The van der Waals surface area contributed by atoms with Crippen molar-refractivity contribution in [3.63, 3.8) is 0 Å². The maximum Gasteiger partial charge on any atom is 0.0434 e. The van der Waals surface area contributed by atoms with E-state index in [4.69, 9.17) is 0 Å². The Balaban J connectivity index is 1.71. The predicted octanol–water partition coefficient (Wildman–Crippen LogP) is 4.24. The molecule has 0 bridgehead atoms. The first-order valence-electron chi connectivity index (χ1n) is 7.86. The van der Waals surface area contributed by atoms with E-state index in [0.29, 0.717) is 0 Å². The molecule has 0 aliphatic rings. The van der Waals surface area contributed by atoms with Crippen molar-refractivity contribution in [1.29, 1.82) is 0 Å². The van der Waals surface area contributed by atoms with Crippen LogP contribution in [0.4, 0.5) is 0 Å². The first-order chi connectivity index (χ1) is 11.4. The summed E-state index contributed by atoms with van der Waals surface area (Å²) in [5.74, 6) is 0. The molecule has 0 radical (unpaired) electrons. The first-order valence-corrected chi connectivity index (χ1v) is 9.39. The van der Waals surface area contributed by atoms with Gasteiger partial charge in [0.1, 0.15) is 0 Å². The molecule has 3 aromatic carbocycles. The molecule has 23 heavy (non-hydrogen) atoms. The number of hydrogen-bond acceptors (Lipinski definition) is 1. The van der Waals surface area contributed by atoms with Crippen molar-refractivity contribution in [2.75, 3.05) is 12.7 Å². The largest absolute Gasteiger partial charge is 0.292 e. The summed E-state index contributed by atoms with van der Waals surface area (Å²) in [4.78, 5) is 4.62. The van der Waals surface area contributed by atoms with Crippen molar-refractivity contribution in [2.24, 2.45) is 4.99 Å². The van der Waals surface area contributed by atoms with Crippen molar-refractivity contribution in [3.05, 3.63) is 96.6 Å². The van der Waals surface area contributed by atoms with Gasteiger partial charge in [-0.25, -0.2) is 0 Å². The summed E-state index contributed by atoms with van der Waals surface area (Å²) in [5.41, 5.74) is 1.16. The van der Waals surface area contributed by atoms with Crippen molar-refractivity contribution < 1.29 is 0 Å². The zero-order valence-corrected chi connectivity index (χ0v) is 13.9. The van der Waals surface area contributed by atoms with Crippen LogP contribution in [0, 0.1) is 0 Å². The number of hydrogen-bond donors (Lipinski definition) is 0. The van der Waals surface area contributed by atoms with Gasteiger partial charge < -0.3 is 0 Å². The smallest absolute Gasteiger partial charge is 0.0434 e. The molecule has 3 aromatic rings. The fourth-order valence-electron chi connectivity index (χ4n) is 2.49. The van der Waals surface area contributed by atoms with Crippen LogP contribution < -0.4 is 10.6 Å². The third-order valence-corrected chi connectivity index (χ3v) is 6.12. The third-order valence-electron chi connectivity index (χ3n) is 3.63. The molecule has 1 nitrogen and oxygen atoms in total. The Morgan fingerprint density at radius 2 is 1.13 bits per heavy atom. The van der Waals surface area contributed by atoms with Crippen LogP contribution in [0.5, 0.6) is 0 Å². The van der Waals surface area contributed by atoms with E-state index in [1.807, 2.05) is 24.4 Å². The summed E-state index contributed by atoms with van der Waals surface area (Å²) in [6, 6.07) is 31.9. The minimum atomic E-state index is -0.345. The van der Waals surface area contributed by atoms with Crippen LogP contribution in [-0.4, -0.2) is 18.9 Å². The maximum absolute atomic E-state index is 4.62. The second kappa shape index (κ2) is 8.41. The monoisotopic (exact) mass is 317 g/mol. The molecule has 3 rings (SSSR count). The Morgan fingerprint density at radius 3 is 1.65 bits per heavy atom. The number of aliphatic imine (C=N–C) groups is 1. The number of nitrogens with zero attached hydrogens (tertiary/aromatic N) is 1. The van der Waals surface area contributed by atoms with Crippen molar-refractivity contribution in [1.82, 2.24) is 0 Å². The van der Waals surface area contributed by atoms with Crippen LogP contribution in [0.3, 0.4) is 0 Å². The third kappa shape index (κ3) is 4.61. The normalized spacial score (nSPS) is 11.2. The zero-order valence-electron chi connectivity index (χ0n) is 13.0. The van der Waals surface area contributed by atoms with Gasteiger partial charge >= 0.3 is 0 Å². The van der Waals surface area contributed by atoms with Gasteiger partial charge in [0.2, 0.25) is 0 Å². The summed E-state index contributed by atoms with van der Waals surface area (Å²) < 4.78 is 0. The standard InChI is InChI=1S/C21H20NP/c1-4-10-19(11-5-1)18-22-16-17-23(20-12-6-2-7-13-20)21-14-8-3-9-15-21/h1-15,18H,16-17H2/b22-18+. The second-order valence-electron chi connectivity index (χ2n) is 5.27.